The summed E-state index contributed by atoms with van der Waals surface area (Å²) in [7, 11) is 2.86. The molecule has 0 aliphatic rings. The van der Waals surface area contributed by atoms with E-state index < -0.39 is 11.9 Å². The lowest BCUT2D eigenvalue weighted by Crippen LogP contribution is -2.22. The van der Waals surface area contributed by atoms with Gasteiger partial charge < -0.3 is 30.5 Å². The zero-order chi connectivity index (χ0) is 21.4. The predicted octanol–water partition coefficient (Wildman–Crippen LogP) is 3.33. The summed E-state index contributed by atoms with van der Waals surface area (Å²) in [5.41, 5.74) is 1.64. The molecule has 2 rings (SSSR count). The standard InChI is InChI=1S/C19H19FN4O4S/c1-27-16-6-14(20)15(7-17(16)28-2)24-18(29)10-22-13-4-3-11(8-21)12(5-13)9-23-19(25)26/h3-7,22-23H,9-10H2,1-2H3,(H,24,29)(H,25,26). The van der Waals surface area contributed by atoms with Crippen LogP contribution in [0.15, 0.2) is 30.3 Å². The lowest BCUT2D eigenvalue weighted by Gasteiger charge is -2.14. The highest BCUT2D eigenvalue weighted by Gasteiger charge is 2.12. The number of ether oxygens (including phenoxy) is 2. The molecule has 4 N–H and O–H groups in total. The molecule has 0 aromatic heterocycles. The minimum atomic E-state index is -1.19. The van der Waals surface area contributed by atoms with E-state index in [0.29, 0.717) is 27.6 Å². The number of amides is 1. The van der Waals surface area contributed by atoms with Crippen molar-refractivity contribution in [1.82, 2.24) is 5.32 Å². The largest absolute Gasteiger partial charge is 0.493 e. The van der Waals surface area contributed by atoms with E-state index in [1.54, 1.807) is 18.2 Å². The number of hydrogen-bond acceptors (Lipinski definition) is 6. The molecule has 0 heterocycles. The highest BCUT2D eigenvalue weighted by molar-refractivity contribution is 7.80. The van der Waals surface area contributed by atoms with E-state index in [0.717, 1.165) is 0 Å². The van der Waals surface area contributed by atoms with Crippen molar-refractivity contribution in [2.24, 2.45) is 0 Å². The van der Waals surface area contributed by atoms with Crippen LogP contribution < -0.4 is 25.4 Å². The maximum atomic E-state index is 14.2. The normalized spacial score (nSPS) is 9.86. The van der Waals surface area contributed by atoms with E-state index in [1.165, 1.54) is 26.4 Å². The highest BCUT2D eigenvalue weighted by Crippen LogP contribution is 2.32. The zero-order valence-electron chi connectivity index (χ0n) is 15.7. The molecule has 0 saturated heterocycles. The second-order valence-electron chi connectivity index (χ2n) is 5.73. The lowest BCUT2D eigenvalue weighted by molar-refractivity contribution is 0.194. The molecule has 0 atom stereocenters. The minimum absolute atomic E-state index is 0.00665. The monoisotopic (exact) mass is 418 g/mol. The van der Waals surface area contributed by atoms with Gasteiger partial charge in [-0.25, -0.2) is 9.18 Å². The Labute approximate surface area is 172 Å². The number of carbonyl (C=O) groups is 1. The molecule has 152 valence electrons. The number of methoxy groups -OCH3 is 2. The molecular weight excluding hydrogens is 399 g/mol. The molecule has 0 spiro atoms. The number of nitriles is 1. The van der Waals surface area contributed by atoms with Crippen molar-refractivity contribution in [3.63, 3.8) is 0 Å². The van der Waals surface area contributed by atoms with Gasteiger partial charge in [-0.1, -0.05) is 12.2 Å². The molecule has 0 saturated carbocycles. The van der Waals surface area contributed by atoms with Crippen molar-refractivity contribution < 1.29 is 23.8 Å². The molecule has 0 aliphatic carbocycles. The van der Waals surface area contributed by atoms with Crippen LogP contribution in [0.25, 0.3) is 0 Å². The Morgan fingerprint density at radius 1 is 1.24 bits per heavy atom. The quantitative estimate of drug-likeness (QED) is 0.483. The SMILES string of the molecule is COc1cc(F)c(NC(=S)CNc2ccc(C#N)c(CNC(=O)O)c2)cc1OC. The maximum Gasteiger partial charge on any atom is 0.404 e. The fraction of sp³-hybridized carbons (Fsp3) is 0.211. The number of rotatable bonds is 8. The average Bonchev–Trinajstić information content (AvgIpc) is 2.71. The first-order valence-corrected chi connectivity index (χ1v) is 8.73. The van der Waals surface area contributed by atoms with E-state index in [9.17, 15) is 9.18 Å². The van der Waals surface area contributed by atoms with Gasteiger partial charge in [0, 0.05) is 24.4 Å². The van der Waals surface area contributed by atoms with Crippen molar-refractivity contribution in [1.29, 1.82) is 5.26 Å². The molecule has 2 aromatic carbocycles. The summed E-state index contributed by atoms with van der Waals surface area (Å²) in [5.74, 6) is 0.0694. The van der Waals surface area contributed by atoms with E-state index in [2.05, 4.69) is 16.0 Å². The molecule has 2 aromatic rings. The molecule has 8 nitrogen and oxygen atoms in total. The molecular formula is C19H19FN4O4S. The topological polar surface area (TPSA) is 116 Å². The number of nitrogens with zero attached hydrogens (tertiary/aromatic N) is 1. The second kappa shape index (κ2) is 10.1. The molecule has 10 heteroatoms. The minimum Gasteiger partial charge on any atom is -0.493 e. The number of halogens is 1. The zero-order valence-corrected chi connectivity index (χ0v) is 16.5. The molecule has 1 amide bonds. The number of carboxylic acid groups (broad SMARTS) is 1. The Hall–Kier alpha value is -3.58. The van der Waals surface area contributed by atoms with Crippen molar-refractivity contribution in [2.75, 3.05) is 31.4 Å². The van der Waals surface area contributed by atoms with Crippen LogP contribution >= 0.6 is 12.2 Å². The first-order chi connectivity index (χ1) is 13.9. The van der Waals surface area contributed by atoms with Crippen molar-refractivity contribution in [3.8, 4) is 17.6 Å². The van der Waals surface area contributed by atoms with E-state index in [1.807, 2.05) is 6.07 Å². The molecule has 0 aliphatic heterocycles. The number of thiocarbonyl (C=S) groups is 1. The van der Waals surface area contributed by atoms with Crippen LogP contribution in [0.3, 0.4) is 0 Å². The van der Waals surface area contributed by atoms with Crippen LogP contribution in [0.4, 0.5) is 20.6 Å². The average molecular weight is 418 g/mol. The predicted molar refractivity (Wildman–Crippen MR) is 110 cm³/mol. The Morgan fingerprint density at radius 2 is 1.93 bits per heavy atom. The van der Waals surface area contributed by atoms with Crippen LogP contribution in [-0.2, 0) is 6.54 Å². The molecule has 0 bridgehead atoms. The van der Waals surface area contributed by atoms with Crippen molar-refractivity contribution in [2.45, 2.75) is 6.54 Å². The van der Waals surface area contributed by atoms with Gasteiger partial charge in [0.1, 0.15) is 0 Å². The summed E-state index contributed by atoms with van der Waals surface area (Å²) >= 11 is 5.25. The van der Waals surface area contributed by atoms with Crippen LogP contribution in [0.1, 0.15) is 11.1 Å². The number of hydrogen-bond donors (Lipinski definition) is 4. The van der Waals surface area contributed by atoms with Crippen LogP contribution in [0, 0.1) is 17.1 Å². The van der Waals surface area contributed by atoms with Crippen LogP contribution in [0.2, 0.25) is 0 Å². The third kappa shape index (κ3) is 5.95. The summed E-state index contributed by atoms with van der Waals surface area (Å²) in [4.78, 5) is 11.0. The molecule has 0 radical (unpaired) electrons. The van der Waals surface area contributed by atoms with E-state index >= 15 is 0 Å². The maximum absolute atomic E-state index is 14.2. The third-order valence-corrected chi connectivity index (χ3v) is 4.10. The number of benzene rings is 2. The Morgan fingerprint density at radius 3 is 2.55 bits per heavy atom. The van der Waals surface area contributed by atoms with Crippen molar-refractivity contribution in [3.05, 3.63) is 47.3 Å². The van der Waals surface area contributed by atoms with Gasteiger partial charge in [-0.05, 0) is 23.8 Å². The Kier molecular flexibility index (Phi) is 7.56. The van der Waals surface area contributed by atoms with Crippen LogP contribution in [-0.4, -0.2) is 37.0 Å². The van der Waals surface area contributed by atoms with Gasteiger partial charge >= 0.3 is 6.09 Å². The first kappa shape index (κ1) is 21.7. The van der Waals surface area contributed by atoms with E-state index in [4.69, 9.17) is 32.1 Å². The lowest BCUT2D eigenvalue weighted by atomic mass is 10.1. The third-order valence-electron chi connectivity index (χ3n) is 3.86. The number of anilines is 2. The van der Waals surface area contributed by atoms with Gasteiger partial charge in [0.25, 0.3) is 0 Å². The summed E-state index contributed by atoms with van der Waals surface area (Å²) in [5, 5.41) is 25.9. The molecule has 0 fully saturated rings. The summed E-state index contributed by atoms with van der Waals surface area (Å²) in [6, 6.07) is 9.54. The Balaban J connectivity index is 2.05. The van der Waals surface area contributed by atoms with Gasteiger partial charge in [0.2, 0.25) is 0 Å². The smallest absolute Gasteiger partial charge is 0.404 e. The fourth-order valence-electron chi connectivity index (χ4n) is 2.46. The second-order valence-corrected chi connectivity index (χ2v) is 6.22. The first-order valence-electron chi connectivity index (χ1n) is 8.33. The van der Waals surface area contributed by atoms with Gasteiger partial charge in [-0.2, -0.15) is 5.26 Å². The molecule has 0 unspecified atom stereocenters. The van der Waals surface area contributed by atoms with Gasteiger partial charge in [0.05, 0.1) is 43.1 Å². The van der Waals surface area contributed by atoms with Crippen molar-refractivity contribution >= 4 is 34.7 Å². The highest BCUT2D eigenvalue weighted by atomic mass is 32.1. The number of nitrogens with one attached hydrogen (secondary N) is 3. The van der Waals surface area contributed by atoms with Gasteiger partial charge in [-0.15, -0.1) is 0 Å². The molecule has 29 heavy (non-hydrogen) atoms. The Bertz CT molecular complexity index is 962. The summed E-state index contributed by atoms with van der Waals surface area (Å²) < 4.78 is 24.4. The summed E-state index contributed by atoms with van der Waals surface area (Å²) in [6.45, 7) is 0.175. The van der Waals surface area contributed by atoms with E-state index in [-0.39, 0.29) is 24.5 Å². The summed E-state index contributed by atoms with van der Waals surface area (Å²) in [6.07, 6.45) is -1.19. The van der Waals surface area contributed by atoms with Gasteiger partial charge in [0.15, 0.2) is 17.3 Å². The van der Waals surface area contributed by atoms with Gasteiger partial charge in [-0.3, -0.25) is 0 Å². The van der Waals surface area contributed by atoms with Crippen LogP contribution in [0.5, 0.6) is 11.5 Å². The fourth-order valence-corrected chi connectivity index (χ4v) is 2.64.